The fourth-order valence-electron chi connectivity index (χ4n) is 2.88. The molecule has 2 aromatic rings. The molecule has 0 atom stereocenters. The van der Waals surface area contributed by atoms with Gasteiger partial charge in [-0.25, -0.2) is 9.37 Å². The summed E-state index contributed by atoms with van der Waals surface area (Å²) < 4.78 is 13.8. The van der Waals surface area contributed by atoms with Gasteiger partial charge in [0, 0.05) is 57.7 Å². The monoisotopic (exact) mass is 340 g/mol. The Morgan fingerprint density at radius 1 is 1.08 bits per heavy atom. The lowest BCUT2D eigenvalue weighted by atomic mass is 10.2. The predicted molar refractivity (Wildman–Crippen MR) is 96.6 cm³/mol. The first-order valence-electron chi connectivity index (χ1n) is 8.20. The SMILES string of the molecule is Cc1cc(N2CCN(c3ccc(C#N)c(F)c3)CC2)nc(N(C)C)n1. The van der Waals surface area contributed by atoms with E-state index < -0.39 is 5.82 Å². The smallest absolute Gasteiger partial charge is 0.226 e. The third-order valence-electron chi connectivity index (χ3n) is 4.27. The van der Waals surface area contributed by atoms with Crippen molar-refractivity contribution in [1.29, 1.82) is 5.26 Å². The fraction of sp³-hybridized carbons (Fsp3) is 0.389. The number of rotatable bonds is 3. The predicted octanol–water partition coefficient (Wildman–Crippen LogP) is 2.19. The number of hydrogen-bond donors (Lipinski definition) is 0. The molecule has 0 spiro atoms. The van der Waals surface area contributed by atoms with E-state index in [9.17, 15) is 4.39 Å². The van der Waals surface area contributed by atoms with Crippen molar-refractivity contribution in [2.24, 2.45) is 0 Å². The van der Waals surface area contributed by atoms with Crippen molar-refractivity contribution in [3.05, 3.63) is 41.3 Å². The molecule has 1 saturated heterocycles. The van der Waals surface area contributed by atoms with Crippen LogP contribution in [0.4, 0.5) is 21.8 Å². The van der Waals surface area contributed by atoms with E-state index in [1.165, 1.54) is 12.1 Å². The van der Waals surface area contributed by atoms with Gasteiger partial charge < -0.3 is 14.7 Å². The Balaban J connectivity index is 1.72. The first-order valence-corrected chi connectivity index (χ1v) is 8.20. The molecule has 0 aliphatic carbocycles. The Morgan fingerprint density at radius 3 is 2.36 bits per heavy atom. The number of aryl methyl sites for hydroxylation is 1. The molecule has 3 rings (SSSR count). The zero-order valence-corrected chi connectivity index (χ0v) is 14.7. The van der Waals surface area contributed by atoms with Gasteiger partial charge in [0.1, 0.15) is 17.7 Å². The number of hydrogen-bond acceptors (Lipinski definition) is 6. The van der Waals surface area contributed by atoms with Gasteiger partial charge in [-0.05, 0) is 25.1 Å². The Morgan fingerprint density at radius 2 is 1.76 bits per heavy atom. The number of piperazine rings is 1. The van der Waals surface area contributed by atoms with E-state index in [4.69, 9.17) is 5.26 Å². The van der Waals surface area contributed by atoms with E-state index in [1.807, 2.05) is 38.1 Å². The Bertz CT molecular complexity index is 806. The van der Waals surface area contributed by atoms with Crippen molar-refractivity contribution >= 4 is 17.5 Å². The van der Waals surface area contributed by atoms with Crippen LogP contribution in [0.3, 0.4) is 0 Å². The summed E-state index contributed by atoms with van der Waals surface area (Å²) in [6, 6.07) is 8.62. The van der Waals surface area contributed by atoms with Crippen LogP contribution in [0.15, 0.2) is 24.3 Å². The lowest BCUT2D eigenvalue weighted by Crippen LogP contribution is -2.47. The summed E-state index contributed by atoms with van der Waals surface area (Å²) in [4.78, 5) is 15.3. The molecule has 7 heteroatoms. The van der Waals surface area contributed by atoms with Gasteiger partial charge in [0.25, 0.3) is 0 Å². The van der Waals surface area contributed by atoms with Crippen LogP contribution in [0.1, 0.15) is 11.3 Å². The molecule has 0 N–H and O–H groups in total. The molecule has 0 bridgehead atoms. The van der Waals surface area contributed by atoms with Crippen molar-refractivity contribution in [3.63, 3.8) is 0 Å². The van der Waals surface area contributed by atoms with Gasteiger partial charge in [0.15, 0.2) is 0 Å². The van der Waals surface area contributed by atoms with Gasteiger partial charge in [-0.1, -0.05) is 0 Å². The fourth-order valence-corrected chi connectivity index (χ4v) is 2.88. The molecule has 0 saturated carbocycles. The van der Waals surface area contributed by atoms with Gasteiger partial charge in [0.05, 0.1) is 5.56 Å². The van der Waals surface area contributed by atoms with E-state index in [1.54, 1.807) is 6.07 Å². The summed E-state index contributed by atoms with van der Waals surface area (Å²) >= 11 is 0. The average molecular weight is 340 g/mol. The number of halogens is 1. The van der Waals surface area contributed by atoms with Gasteiger partial charge in [-0.15, -0.1) is 0 Å². The minimum atomic E-state index is -0.468. The topological polar surface area (TPSA) is 59.3 Å². The second kappa shape index (κ2) is 6.93. The quantitative estimate of drug-likeness (QED) is 0.854. The molecule has 0 unspecified atom stereocenters. The van der Waals surface area contributed by atoms with Crippen LogP contribution in [-0.2, 0) is 0 Å². The molecule has 2 heterocycles. The highest BCUT2D eigenvalue weighted by Crippen LogP contribution is 2.22. The van der Waals surface area contributed by atoms with Crippen molar-refractivity contribution in [1.82, 2.24) is 9.97 Å². The Hall–Kier alpha value is -2.88. The second-order valence-electron chi connectivity index (χ2n) is 6.31. The molecular formula is C18H21FN6. The highest BCUT2D eigenvalue weighted by Gasteiger charge is 2.20. The van der Waals surface area contributed by atoms with Crippen LogP contribution in [0.2, 0.25) is 0 Å². The van der Waals surface area contributed by atoms with Crippen LogP contribution in [0.25, 0.3) is 0 Å². The molecule has 0 amide bonds. The van der Waals surface area contributed by atoms with E-state index in [2.05, 4.69) is 19.8 Å². The van der Waals surface area contributed by atoms with Crippen molar-refractivity contribution in [3.8, 4) is 6.07 Å². The zero-order valence-electron chi connectivity index (χ0n) is 14.7. The third-order valence-corrected chi connectivity index (χ3v) is 4.27. The minimum Gasteiger partial charge on any atom is -0.368 e. The zero-order chi connectivity index (χ0) is 18.0. The van der Waals surface area contributed by atoms with Crippen LogP contribution in [0.5, 0.6) is 0 Å². The third kappa shape index (κ3) is 3.63. The molecule has 1 aromatic carbocycles. The summed E-state index contributed by atoms with van der Waals surface area (Å²) in [5.74, 6) is 1.15. The maximum atomic E-state index is 13.8. The lowest BCUT2D eigenvalue weighted by Gasteiger charge is -2.37. The highest BCUT2D eigenvalue weighted by atomic mass is 19.1. The molecule has 6 nitrogen and oxygen atoms in total. The number of nitrogens with zero attached hydrogens (tertiary/aromatic N) is 6. The van der Waals surface area contributed by atoms with Crippen LogP contribution >= 0.6 is 0 Å². The number of anilines is 3. The maximum Gasteiger partial charge on any atom is 0.226 e. The second-order valence-corrected chi connectivity index (χ2v) is 6.31. The van der Waals surface area contributed by atoms with Crippen molar-refractivity contribution in [2.75, 3.05) is 55.0 Å². The van der Waals surface area contributed by atoms with E-state index in [-0.39, 0.29) is 5.56 Å². The Kier molecular flexibility index (Phi) is 4.70. The standard InChI is InChI=1S/C18H21FN6/c1-13-10-17(22-18(21-13)23(2)3)25-8-6-24(7-9-25)15-5-4-14(12-20)16(19)11-15/h4-5,10-11H,6-9H2,1-3H3. The van der Waals surface area contributed by atoms with E-state index in [0.29, 0.717) is 5.95 Å². The largest absolute Gasteiger partial charge is 0.368 e. The summed E-state index contributed by atoms with van der Waals surface area (Å²) in [6.45, 7) is 5.10. The summed E-state index contributed by atoms with van der Waals surface area (Å²) in [5.41, 5.74) is 1.82. The van der Waals surface area contributed by atoms with Crippen molar-refractivity contribution in [2.45, 2.75) is 6.92 Å². The van der Waals surface area contributed by atoms with Crippen LogP contribution < -0.4 is 14.7 Å². The number of benzene rings is 1. The van der Waals surface area contributed by atoms with Gasteiger partial charge in [-0.2, -0.15) is 10.2 Å². The van der Waals surface area contributed by atoms with Crippen LogP contribution in [-0.4, -0.2) is 50.2 Å². The van der Waals surface area contributed by atoms with Gasteiger partial charge in [-0.3, -0.25) is 0 Å². The van der Waals surface area contributed by atoms with Gasteiger partial charge in [0.2, 0.25) is 5.95 Å². The summed E-state index contributed by atoms with van der Waals surface area (Å²) in [6.07, 6.45) is 0. The molecule has 130 valence electrons. The van der Waals surface area contributed by atoms with Gasteiger partial charge >= 0.3 is 0 Å². The first kappa shape index (κ1) is 17.0. The van der Waals surface area contributed by atoms with Crippen molar-refractivity contribution < 1.29 is 4.39 Å². The molecule has 25 heavy (non-hydrogen) atoms. The Labute approximate surface area is 147 Å². The first-order chi connectivity index (χ1) is 12.0. The molecule has 1 aliphatic rings. The highest BCUT2D eigenvalue weighted by molar-refractivity contribution is 5.53. The number of aromatic nitrogens is 2. The summed E-state index contributed by atoms with van der Waals surface area (Å²) in [7, 11) is 3.85. The minimum absolute atomic E-state index is 0.0788. The van der Waals surface area contributed by atoms with E-state index in [0.717, 1.165) is 43.4 Å². The molecule has 0 radical (unpaired) electrons. The lowest BCUT2D eigenvalue weighted by molar-refractivity contribution is 0.616. The molecule has 1 aliphatic heterocycles. The normalized spacial score (nSPS) is 14.4. The maximum absolute atomic E-state index is 13.8. The summed E-state index contributed by atoms with van der Waals surface area (Å²) in [5, 5.41) is 8.84. The molecule has 1 aromatic heterocycles. The van der Waals surface area contributed by atoms with E-state index >= 15 is 0 Å². The average Bonchev–Trinajstić information content (AvgIpc) is 2.61. The molecular weight excluding hydrogens is 319 g/mol. The van der Waals surface area contributed by atoms with Crippen LogP contribution in [0, 0.1) is 24.1 Å². The number of nitriles is 1. The molecule has 1 fully saturated rings.